The zero-order valence-electron chi connectivity index (χ0n) is 10.2. The molecule has 88 valence electrons. The number of carbonyl (C=O) groups excluding carboxylic acids is 2. The van der Waals surface area contributed by atoms with Crippen LogP contribution in [-0.2, 0) is 0 Å². The van der Waals surface area contributed by atoms with Gasteiger partial charge in [0.2, 0.25) is 5.78 Å². The smallest absolute Gasteiger partial charge is 0.212 e. The first-order valence-corrected chi connectivity index (χ1v) is 5.75. The maximum absolute atomic E-state index is 12.3. The van der Waals surface area contributed by atoms with Gasteiger partial charge in [0, 0.05) is 16.8 Å². The lowest BCUT2D eigenvalue weighted by molar-refractivity contribution is 0.0975. The summed E-state index contributed by atoms with van der Waals surface area (Å²) in [5.74, 6) is -0.279. The van der Waals surface area contributed by atoms with E-state index in [4.69, 9.17) is 0 Å². The molecule has 0 fully saturated rings. The van der Waals surface area contributed by atoms with Crippen molar-refractivity contribution in [2.24, 2.45) is 0 Å². The summed E-state index contributed by atoms with van der Waals surface area (Å²) < 4.78 is 0. The average molecular weight is 237 g/mol. The van der Waals surface area contributed by atoms with Gasteiger partial charge in [-0.05, 0) is 32.0 Å². The molecule has 0 atom stereocenters. The second-order valence-electron chi connectivity index (χ2n) is 4.56. The molecule has 0 spiro atoms. The monoisotopic (exact) mass is 237 g/mol. The molecule has 3 rings (SSSR count). The highest BCUT2D eigenvalue weighted by molar-refractivity contribution is 6.27. The highest BCUT2D eigenvalue weighted by Crippen LogP contribution is 2.26. The topological polar surface area (TPSA) is 47.0 Å². The van der Waals surface area contributed by atoms with Crippen LogP contribution >= 0.6 is 0 Å². The standard InChI is InChI=1S/C15H11NO2/c1-8-3-5-10-12(7-8)15(18)13-11(14(10)17)6-4-9(2)16-13/h3-7H,1-2H3. The Morgan fingerprint density at radius 1 is 0.833 bits per heavy atom. The molecular weight excluding hydrogens is 226 g/mol. The fourth-order valence-corrected chi connectivity index (χ4v) is 2.23. The van der Waals surface area contributed by atoms with Crippen molar-refractivity contribution >= 4 is 11.6 Å². The van der Waals surface area contributed by atoms with E-state index in [1.54, 1.807) is 24.3 Å². The van der Waals surface area contributed by atoms with E-state index < -0.39 is 0 Å². The third-order valence-corrected chi connectivity index (χ3v) is 3.16. The Kier molecular flexibility index (Phi) is 2.17. The van der Waals surface area contributed by atoms with E-state index in [1.807, 2.05) is 19.9 Å². The summed E-state index contributed by atoms with van der Waals surface area (Å²) in [6.07, 6.45) is 0. The molecule has 0 saturated heterocycles. The van der Waals surface area contributed by atoms with Crippen LogP contribution in [-0.4, -0.2) is 16.6 Å². The summed E-state index contributed by atoms with van der Waals surface area (Å²) in [4.78, 5) is 28.8. The first kappa shape index (κ1) is 10.8. The zero-order chi connectivity index (χ0) is 12.9. The lowest BCUT2D eigenvalue weighted by atomic mass is 9.86. The largest absolute Gasteiger partial charge is 0.288 e. The predicted molar refractivity (Wildman–Crippen MR) is 67.0 cm³/mol. The van der Waals surface area contributed by atoms with E-state index in [1.165, 1.54) is 0 Å². The van der Waals surface area contributed by atoms with Crippen molar-refractivity contribution in [3.8, 4) is 0 Å². The molecule has 3 heteroatoms. The van der Waals surface area contributed by atoms with Gasteiger partial charge in [-0.2, -0.15) is 0 Å². The van der Waals surface area contributed by atoms with Crippen molar-refractivity contribution in [1.82, 2.24) is 4.98 Å². The van der Waals surface area contributed by atoms with Gasteiger partial charge < -0.3 is 0 Å². The van der Waals surface area contributed by atoms with Crippen molar-refractivity contribution in [3.05, 3.63) is 64.0 Å². The van der Waals surface area contributed by atoms with Gasteiger partial charge in [0.25, 0.3) is 0 Å². The third kappa shape index (κ3) is 1.40. The maximum Gasteiger partial charge on any atom is 0.212 e. The average Bonchev–Trinajstić information content (AvgIpc) is 2.35. The van der Waals surface area contributed by atoms with Crippen molar-refractivity contribution in [3.63, 3.8) is 0 Å². The molecule has 1 aliphatic carbocycles. The Hall–Kier alpha value is -2.29. The molecule has 1 heterocycles. The molecule has 2 aromatic rings. The summed E-state index contributed by atoms with van der Waals surface area (Å²) in [5.41, 5.74) is 3.33. The molecule has 0 bridgehead atoms. The van der Waals surface area contributed by atoms with Gasteiger partial charge in [-0.3, -0.25) is 9.59 Å². The molecule has 0 saturated carbocycles. The van der Waals surface area contributed by atoms with Gasteiger partial charge in [0.1, 0.15) is 5.69 Å². The molecule has 0 amide bonds. The molecule has 18 heavy (non-hydrogen) atoms. The number of hydrogen-bond acceptors (Lipinski definition) is 3. The van der Waals surface area contributed by atoms with Crippen LogP contribution in [0.4, 0.5) is 0 Å². The molecule has 0 radical (unpaired) electrons. The van der Waals surface area contributed by atoms with E-state index in [-0.39, 0.29) is 17.3 Å². The number of nitrogens with zero attached hydrogens (tertiary/aromatic N) is 1. The second-order valence-corrected chi connectivity index (χ2v) is 4.56. The van der Waals surface area contributed by atoms with Crippen LogP contribution in [0.5, 0.6) is 0 Å². The van der Waals surface area contributed by atoms with Crippen LogP contribution in [0.25, 0.3) is 0 Å². The van der Waals surface area contributed by atoms with Crippen LogP contribution in [0, 0.1) is 13.8 Å². The first-order valence-electron chi connectivity index (χ1n) is 5.75. The molecule has 0 aliphatic heterocycles. The van der Waals surface area contributed by atoms with Crippen molar-refractivity contribution in [2.45, 2.75) is 13.8 Å². The summed E-state index contributed by atoms with van der Waals surface area (Å²) in [6, 6.07) is 8.75. The molecule has 0 N–H and O–H groups in total. The van der Waals surface area contributed by atoms with Crippen molar-refractivity contribution in [1.29, 1.82) is 0 Å². The fraction of sp³-hybridized carbons (Fsp3) is 0.133. The van der Waals surface area contributed by atoms with Crippen molar-refractivity contribution < 1.29 is 9.59 Å². The number of aryl methyl sites for hydroxylation is 2. The summed E-state index contributed by atoms with van der Waals surface area (Å²) in [6.45, 7) is 3.71. The van der Waals surface area contributed by atoms with Crippen LogP contribution in [0.1, 0.15) is 43.2 Å². The molecule has 0 unspecified atom stereocenters. The fourth-order valence-electron chi connectivity index (χ4n) is 2.23. The van der Waals surface area contributed by atoms with Crippen LogP contribution in [0.2, 0.25) is 0 Å². The Morgan fingerprint density at radius 2 is 1.56 bits per heavy atom. The maximum atomic E-state index is 12.3. The van der Waals surface area contributed by atoms with E-state index in [9.17, 15) is 9.59 Å². The predicted octanol–water partition coefficient (Wildman–Crippen LogP) is 2.47. The number of carbonyl (C=O) groups is 2. The highest BCUT2D eigenvalue weighted by atomic mass is 16.1. The van der Waals surface area contributed by atoms with E-state index in [0.717, 1.165) is 11.3 Å². The number of ketones is 2. The van der Waals surface area contributed by atoms with Crippen LogP contribution in [0.3, 0.4) is 0 Å². The number of fused-ring (bicyclic) bond motifs is 2. The molecule has 1 aromatic heterocycles. The second kappa shape index (κ2) is 3.60. The lowest BCUT2D eigenvalue weighted by Crippen LogP contribution is -2.22. The third-order valence-electron chi connectivity index (χ3n) is 3.16. The molecule has 1 aliphatic rings. The number of hydrogen-bond donors (Lipinski definition) is 0. The van der Waals surface area contributed by atoms with Gasteiger partial charge in [-0.1, -0.05) is 17.7 Å². The molecular formula is C15H11NO2. The van der Waals surface area contributed by atoms with Gasteiger partial charge in [0.05, 0.1) is 5.56 Å². The number of pyridine rings is 1. The van der Waals surface area contributed by atoms with E-state index >= 15 is 0 Å². The number of aromatic nitrogens is 1. The minimum Gasteiger partial charge on any atom is -0.288 e. The van der Waals surface area contributed by atoms with E-state index in [0.29, 0.717) is 16.7 Å². The summed E-state index contributed by atoms with van der Waals surface area (Å²) in [5, 5.41) is 0. The number of benzene rings is 1. The van der Waals surface area contributed by atoms with Gasteiger partial charge in [-0.15, -0.1) is 0 Å². The minimum absolute atomic E-state index is 0.118. The minimum atomic E-state index is -0.160. The Bertz CT molecular complexity index is 644. The highest BCUT2D eigenvalue weighted by Gasteiger charge is 2.30. The molecule has 3 nitrogen and oxygen atoms in total. The van der Waals surface area contributed by atoms with Gasteiger partial charge in [-0.25, -0.2) is 4.98 Å². The first-order chi connectivity index (χ1) is 8.58. The molecule has 1 aromatic carbocycles. The summed E-state index contributed by atoms with van der Waals surface area (Å²) >= 11 is 0. The summed E-state index contributed by atoms with van der Waals surface area (Å²) in [7, 11) is 0. The SMILES string of the molecule is Cc1ccc2c(c1)C(=O)c1nc(C)ccc1C2=O. The Balaban J connectivity index is 2.32. The van der Waals surface area contributed by atoms with Crippen LogP contribution in [0.15, 0.2) is 30.3 Å². The lowest BCUT2D eigenvalue weighted by Gasteiger charge is -2.17. The van der Waals surface area contributed by atoms with Crippen molar-refractivity contribution in [2.75, 3.05) is 0 Å². The Labute approximate surface area is 104 Å². The number of rotatable bonds is 0. The van der Waals surface area contributed by atoms with E-state index in [2.05, 4.69) is 4.98 Å². The zero-order valence-corrected chi connectivity index (χ0v) is 10.2. The van der Waals surface area contributed by atoms with Gasteiger partial charge in [0.15, 0.2) is 5.78 Å². The van der Waals surface area contributed by atoms with Gasteiger partial charge >= 0.3 is 0 Å². The Morgan fingerprint density at radius 3 is 2.33 bits per heavy atom. The van der Waals surface area contributed by atoms with Crippen LogP contribution < -0.4 is 0 Å². The normalized spacial score (nSPS) is 13.2. The quantitative estimate of drug-likeness (QED) is 0.603.